The Morgan fingerprint density at radius 3 is 2.35 bits per heavy atom. The standard InChI is InChI=1S/C20H16ClNO/c21-18-8-4-3-7-17(18)20(11-12-20)19(23)22-16-10-9-14-5-1-2-6-15(14)13-16/h1-10,13H,11-12H2,(H,22,23). The lowest BCUT2D eigenvalue weighted by atomic mass is 9.94. The Morgan fingerprint density at radius 2 is 1.61 bits per heavy atom. The van der Waals surface area contributed by atoms with Gasteiger partial charge < -0.3 is 5.32 Å². The maximum Gasteiger partial charge on any atom is 0.235 e. The van der Waals surface area contributed by atoms with Crippen LogP contribution in [0.5, 0.6) is 0 Å². The molecule has 1 aliphatic rings. The second-order valence-electron chi connectivity index (χ2n) is 6.08. The van der Waals surface area contributed by atoms with Gasteiger partial charge in [0.2, 0.25) is 5.91 Å². The molecule has 0 saturated heterocycles. The van der Waals surface area contributed by atoms with Gasteiger partial charge in [-0.1, -0.05) is 60.1 Å². The third kappa shape index (κ3) is 2.49. The molecule has 3 heteroatoms. The Kier molecular flexibility index (Phi) is 3.35. The van der Waals surface area contributed by atoms with E-state index in [1.54, 1.807) is 0 Å². The van der Waals surface area contributed by atoms with Gasteiger partial charge in [0, 0.05) is 10.7 Å². The number of benzene rings is 3. The van der Waals surface area contributed by atoms with Crippen molar-refractivity contribution in [3.05, 3.63) is 77.3 Å². The number of fused-ring (bicyclic) bond motifs is 1. The molecule has 0 aliphatic heterocycles. The van der Waals surface area contributed by atoms with E-state index in [4.69, 9.17) is 11.6 Å². The summed E-state index contributed by atoms with van der Waals surface area (Å²) in [6.45, 7) is 0. The van der Waals surface area contributed by atoms with Crippen LogP contribution in [-0.4, -0.2) is 5.91 Å². The van der Waals surface area contributed by atoms with E-state index in [1.807, 2.05) is 60.7 Å². The van der Waals surface area contributed by atoms with Gasteiger partial charge in [0.1, 0.15) is 0 Å². The van der Waals surface area contributed by atoms with Gasteiger partial charge in [-0.15, -0.1) is 0 Å². The van der Waals surface area contributed by atoms with Crippen LogP contribution in [-0.2, 0) is 10.2 Å². The first-order valence-corrected chi connectivity index (χ1v) is 8.12. The van der Waals surface area contributed by atoms with Crippen LogP contribution in [0.2, 0.25) is 5.02 Å². The first-order chi connectivity index (χ1) is 11.2. The van der Waals surface area contributed by atoms with Crippen LogP contribution >= 0.6 is 11.6 Å². The summed E-state index contributed by atoms with van der Waals surface area (Å²) in [4.78, 5) is 12.8. The average Bonchev–Trinajstić information content (AvgIpc) is 3.37. The largest absolute Gasteiger partial charge is 0.325 e. The molecule has 0 radical (unpaired) electrons. The molecule has 4 rings (SSSR count). The zero-order valence-electron chi connectivity index (χ0n) is 12.6. The van der Waals surface area contributed by atoms with Gasteiger partial charge in [-0.25, -0.2) is 0 Å². The Morgan fingerprint density at radius 1 is 0.913 bits per heavy atom. The zero-order chi connectivity index (χ0) is 15.9. The molecule has 0 heterocycles. The topological polar surface area (TPSA) is 29.1 Å². The smallest absolute Gasteiger partial charge is 0.235 e. The molecular formula is C20H16ClNO. The number of carbonyl (C=O) groups is 1. The van der Waals surface area contributed by atoms with Gasteiger partial charge in [0.25, 0.3) is 0 Å². The second-order valence-corrected chi connectivity index (χ2v) is 6.49. The molecule has 2 nitrogen and oxygen atoms in total. The number of anilines is 1. The third-order valence-electron chi connectivity index (χ3n) is 4.58. The minimum absolute atomic E-state index is 0.0286. The van der Waals surface area contributed by atoms with E-state index in [2.05, 4.69) is 11.4 Å². The minimum atomic E-state index is -0.468. The van der Waals surface area contributed by atoms with E-state index in [9.17, 15) is 4.79 Å². The molecule has 1 N–H and O–H groups in total. The summed E-state index contributed by atoms with van der Waals surface area (Å²) >= 11 is 6.29. The second kappa shape index (κ2) is 5.39. The SMILES string of the molecule is O=C(Nc1ccc2ccccc2c1)C1(c2ccccc2Cl)CC1. The number of halogens is 1. The molecule has 1 aliphatic carbocycles. The molecular weight excluding hydrogens is 306 g/mol. The van der Waals surface area contributed by atoms with E-state index in [0.717, 1.165) is 34.9 Å². The maximum atomic E-state index is 12.8. The predicted octanol–water partition coefficient (Wildman–Crippen LogP) is 5.16. The van der Waals surface area contributed by atoms with E-state index in [-0.39, 0.29) is 5.91 Å². The molecule has 0 aromatic heterocycles. The Labute approximate surface area is 140 Å². The summed E-state index contributed by atoms with van der Waals surface area (Å²) in [6.07, 6.45) is 1.69. The molecule has 1 amide bonds. The van der Waals surface area contributed by atoms with E-state index in [1.165, 1.54) is 0 Å². The molecule has 1 saturated carbocycles. The van der Waals surface area contributed by atoms with Crippen molar-refractivity contribution in [3.63, 3.8) is 0 Å². The van der Waals surface area contributed by atoms with Gasteiger partial charge >= 0.3 is 0 Å². The van der Waals surface area contributed by atoms with Crippen molar-refractivity contribution in [2.24, 2.45) is 0 Å². The van der Waals surface area contributed by atoms with Crippen molar-refractivity contribution in [1.82, 2.24) is 0 Å². The third-order valence-corrected chi connectivity index (χ3v) is 4.91. The molecule has 3 aromatic rings. The highest BCUT2D eigenvalue weighted by Gasteiger charge is 2.52. The van der Waals surface area contributed by atoms with Gasteiger partial charge in [0.15, 0.2) is 0 Å². The van der Waals surface area contributed by atoms with Crippen LogP contribution in [0.15, 0.2) is 66.7 Å². The van der Waals surface area contributed by atoms with Crippen LogP contribution in [0.4, 0.5) is 5.69 Å². The van der Waals surface area contributed by atoms with Crippen molar-refractivity contribution in [2.45, 2.75) is 18.3 Å². The predicted molar refractivity (Wildman–Crippen MR) is 94.9 cm³/mol. The van der Waals surface area contributed by atoms with Crippen LogP contribution in [0.1, 0.15) is 18.4 Å². The monoisotopic (exact) mass is 321 g/mol. The van der Waals surface area contributed by atoms with Crippen molar-refractivity contribution in [2.75, 3.05) is 5.32 Å². The van der Waals surface area contributed by atoms with Crippen LogP contribution in [0, 0.1) is 0 Å². The molecule has 0 unspecified atom stereocenters. The van der Waals surface area contributed by atoms with Gasteiger partial charge in [-0.2, -0.15) is 0 Å². The van der Waals surface area contributed by atoms with Gasteiger partial charge in [-0.3, -0.25) is 4.79 Å². The molecule has 1 fully saturated rings. The number of rotatable bonds is 3. The Hall–Kier alpha value is -2.32. The number of hydrogen-bond acceptors (Lipinski definition) is 1. The quantitative estimate of drug-likeness (QED) is 0.709. The van der Waals surface area contributed by atoms with Crippen molar-refractivity contribution in [3.8, 4) is 0 Å². The highest BCUT2D eigenvalue weighted by atomic mass is 35.5. The number of nitrogens with one attached hydrogen (secondary N) is 1. The zero-order valence-corrected chi connectivity index (χ0v) is 13.3. The Bertz CT molecular complexity index is 899. The van der Waals surface area contributed by atoms with Gasteiger partial charge in [-0.05, 0) is 47.4 Å². The lowest BCUT2D eigenvalue weighted by molar-refractivity contribution is -0.118. The summed E-state index contributed by atoms with van der Waals surface area (Å²) in [5, 5.41) is 6.01. The number of hydrogen-bond donors (Lipinski definition) is 1. The molecule has 114 valence electrons. The lowest BCUT2D eigenvalue weighted by Gasteiger charge is -2.17. The molecule has 0 bridgehead atoms. The fourth-order valence-corrected chi connectivity index (χ4v) is 3.43. The Balaban J connectivity index is 1.63. The average molecular weight is 322 g/mol. The number of carbonyl (C=O) groups excluding carboxylic acids is 1. The minimum Gasteiger partial charge on any atom is -0.325 e. The summed E-state index contributed by atoms with van der Waals surface area (Å²) in [5.41, 5.74) is 1.29. The molecule has 0 atom stereocenters. The fraction of sp³-hybridized carbons (Fsp3) is 0.150. The highest BCUT2D eigenvalue weighted by molar-refractivity contribution is 6.32. The normalized spacial score (nSPS) is 15.3. The van der Waals surface area contributed by atoms with Crippen molar-refractivity contribution in [1.29, 1.82) is 0 Å². The summed E-state index contributed by atoms with van der Waals surface area (Å²) in [6, 6.07) is 21.7. The number of amides is 1. The lowest BCUT2D eigenvalue weighted by Crippen LogP contribution is -2.28. The summed E-state index contributed by atoms with van der Waals surface area (Å²) < 4.78 is 0. The maximum absolute atomic E-state index is 12.8. The fourth-order valence-electron chi connectivity index (χ4n) is 3.11. The summed E-state index contributed by atoms with van der Waals surface area (Å²) in [7, 11) is 0. The molecule has 23 heavy (non-hydrogen) atoms. The van der Waals surface area contributed by atoms with Crippen molar-refractivity contribution >= 4 is 34.0 Å². The highest BCUT2D eigenvalue weighted by Crippen LogP contribution is 2.51. The van der Waals surface area contributed by atoms with Crippen molar-refractivity contribution < 1.29 is 4.79 Å². The molecule has 0 spiro atoms. The molecule has 3 aromatic carbocycles. The first-order valence-electron chi connectivity index (χ1n) is 7.74. The first kappa shape index (κ1) is 14.3. The van der Waals surface area contributed by atoms with Crippen LogP contribution in [0.25, 0.3) is 10.8 Å². The van der Waals surface area contributed by atoms with Crippen LogP contribution in [0.3, 0.4) is 0 Å². The summed E-state index contributed by atoms with van der Waals surface area (Å²) in [5.74, 6) is 0.0286. The van der Waals surface area contributed by atoms with E-state index < -0.39 is 5.41 Å². The van der Waals surface area contributed by atoms with Gasteiger partial charge in [0.05, 0.1) is 5.41 Å². The van der Waals surface area contributed by atoms with E-state index in [0.29, 0.717) is 5.02 Å². The van der Waals surface area contributed by atoms with E-state index >= 15 is 0 Å². The van der Waals surface area contributed by atoms with Crippen LogP contribution < -0.4 is 5.32 Å².